The molecule has 7 N–H and O–H groups in total. The zero-order valence-electron chi connectivity index (χ0n) is 19.6. The van der Waals surface area contributed by atoms with E-state index in [2.05, 4.69) is 16.0 Å². The summed E-state index contributed by atoms with van der Waals surface area (Å²) in [6.45, 7) is 0.925. The molecule has 12 nitrogen and oxygen atoms in total. The van der Waals surface area contributed by atoms with Gasteiger partial charge in [-0.15, -0.1) is 0 Å². The zero-order valence-corrected chi connectivity index (χ0v) is 20.5. The molecule has 6 unspecified atom stereocenters. The van der Waals surface area contributed by atoms with Crippen LogP contribution in [0.15, 0.2) is 0 Å². The number of hydrogen-bond donors (Lipinski definition) is 7. The summed E-state index contributed by atoms with van der Waals surface area (Å²) in [6, 6.07) is 0. The first-order chi connectivity index (χ1) is 16.0. The Morgan fingerprint density at radius 3 is 1.79 bits per heavy atom. The van der Waals surface area contributed by atoms with Crippen LogP contribution >= 0.6 is 7.82 Å². The van der Waals surface area contributed by atoms with Gasteiger partial charge in [0.1, 0.15) is 49.3 Å². The third-order valence-corrected chi connectivity index (χ3v) is 6.66. The summed E-state index contributed by atoms with van der Waals surface area (Å²) in [7, 11) is -4.97. The molecule has 0 aromatic rings. The van der Waals surface area contributed by atoms with Gasteiger partial charge in [-0.2, -0.15) is 0 Å². The maximum Gasteiger partial charge on any atom is 0.472 e. The Bertz CT molecular complexity index is 605. The van der Waals surface area contributed by atoms with Crippen molar-refractivity contribution < 1.29 is 58.7 Å². The Hall–Kier alpha value is -0.660. The number of aliphatic hydroxyl groups is 6. The van der Waals surface area contributed by atoms with Gasteiger partial charge in [0.25, 0.3) is 0 Å². The Kier molecular flexibility index (Phi) is 14.9. The van der Waals surface area contributed by atoms with Gasteiger partial charge in [-0.3, -0.25) is 13.8 Å². The maximum atomic E-state index is 12.1. The van der Waals surface area contributed by atoms with Crippen LogP contribution in [0, 0.1) is 0 Å². The van der Waals surface area contributed by atoms with Gasteiger partial charge in [-0.25, -0.2) is 4.57 Å². The van der Waals surface area contributed by atoms with Crippen molar-refractivity contribution in [1.29, 1.82) is 0 Å². The molecular weight excluding hydrogens is 475 g/mol. The molecule has 0 bridgehead atoms. The van der Waals surface area contributed by atoms with Gasteiger partial charge in [-0.05, 0) is 6.42 Å². The largest absolute Gasteiger partial charge is 0.472 e. The van der Waals surface area contributed by atoms with Gasteiger partial charge in [0.2, 0.25) is 0 Å². The molecule has 0 aromatic carbocycles. The number of rotatable bonds is 17. The number of esters is 1. The van der Waals surface area contributed by atoms with Gasteiger partial charge in [0, 0.05) is 6.42 Å². The average Bonchev–Trinajstić information content (AvgIpc) is 2.80. The van der Waals surface area contributed by atoms with E-state index >= 15 is 0 Å². The fourth-order valence-electron chi connectivity index (χ4n) is 3.58. The fourth-order valence-corrected chi connectivity index (χ4v) is 4.55. The van der Waals surface area contributed by atoms with E-state index in [-0.39, 0.29) is 6.42 Å². The molecule has 0 saturated heterocycles. The molecule has 1 rings (SSSR count). The van der Waals surface area contributed by atoms with E-state index < -0.39 is 69.7 Å². The Balaban J connectivity index is 2.23. The third-order valence-electron chi connectivity index (χ3n) is 5.68. The monoisotopic (exact) mass is 516 g/mol. The molecule has 8 atom stereocenters. The Morgan fingerprint density at radius 1 is 0.794 bits per heavy atom. The lowest BCUT2D eigenvalue weighted by atomic mass is 9.85. The van der Waals surface area contributed by atoms with Crippen molar-refractivity contribution in [3.63, 3.8) is 0 Å². The van der Waals surface area contributed by atoms with Crippen LogP contribution in [0.3, 0.4) is 0 Å². The molecule has 202 valence electrons. The Morgan fingerprint density at radius 2 is 1.26 bits per heavy atom. The standard InChI is InChI=1S/C21H41O12P/c1-2-3-4-5-6-7-8-9-10-11-15(23)31-12-14(22)13-32-34(29,30)33-21-19(27)17(25)16(24)18(26)20(21)28/h14,16-22,24-28H,2-13H2,1H3,(H,29,30)/t14-,16?,17-,18?,19?,20?,21?/m1/s1. The van der Waals surface area contributed by atoms with Crippen LogP contribution in [0.1, 0.15) is 71.1 Å². The summed E-state index contributed by atoms with van der Waals surface area (Å²) in [4.78, 5) is 21.5. The second kappa shape index (κ2) is 16.2. The summed E-state index contributed by atoms with van der Waals surface area (Å²) >= 11 is 0. The summed E-state index contributed by atoms with van der Waals surface area (Å²) in [5, 5.41) is 58.3. The van der Waals surface area contributed by atoms with Gasteiger partial charge in [0.15, 0.2) is 0 Å². The van der Waals surface area contributed by atoms with E-state index in [1.54, 1.807) is 0 Å². The minimum Gasteiger partial charge on any atom is -0.463 e. The van der Waals surface area contributed by atoms with E-state index in [1.165, 1.54) is 32.1 Å². The number of phosphoric ester groups is 1. The molecule has 1 fully saturated rings. The Labute approximate surface area is 200 Å². The molecule has 34 heavy (non-hydrogen) atoms. The smallest absolute Gasteiger partial charge is 0.463 e. The molecule has 0 amide bonds. The highest BCUT2D eigenvalue weighted by molar-refractivity contribution is 7.47. The molecule has 1 saturated carbocycles. The lowest BCUT2D eigenvalue weighted by Gasteiger charge is -2.41. The van der Waals surface area contributed by atoms with Crippen LogP contribution in [0.5, 0.6) is 0 Å². The SMILES string of the molecule is CCCCCCCCCCCC(=O)OC[C@@H](O)COP(=O)(O)OC1C(O)C(O)C(O)[C@@H](O)C1O. The highest BCUT2D eigenvalue weighted by atomic mass is 31.2. The average molecular weight is 517 g/mol. The van der Waals surface area contributed by atoms with Crippen molar-refractivity contribution in [3.8, 4) is 0 Å². The maximum absolute atomic E-state index is 12.1. The summed E-state index contributed by atoms with van der Waals surface area (Å²) in [5.74, 6) is -0.514. The zero-order chi connectivity index (χ0) is 25.7. The predicted octanol–water partition coefficient (Wildman–Crippen LogP) is 0.132. The highest BCUT2D eigenvalue weighted by Gasteiger charge is 2.51. The molecule has 0 aromatic heterocycles. The lowest BCUT2D eigenvalue weighted by molar-refractivity contribution is -0.220. The quantitative estimate of drug-likeness (QED) is 0.0783. The lowest BCUT2D eigenvalue weighted by Crippen LogP contribution is -2.64. The first-order valence-corrected chi connectivity index (χ1v) is 13.4. The van der Waals surface area contributed by atoms with E-state index in [4.69, 9.17) is 4.74 Å². The number of phosphoric acid groups is 1. The van der Waals surface area contributed by atoms with Crippen LogP contribution in [0.4, 0.5) is 0 Å². The summed E-state index contributed by atoms with van der Waals surface area (Å²) in [5.41, 5.74) is 0. The molecule has 13 heteroatoms. The normalized spacial score (nSPS) is 30.0. The first kappa shape index (κ1) is 31.4. The molecular formula is C21H41O12P. The highest BCUT2D eigenvalue weighted by Crippen LogP contribution is 2.47. The summed E-state index contributed by atoms with van der Waals surface area (Å²) < 4.78 is 26.2. The first-order valence-electron chi connectivity index (χ1n) is 11.9. The van der Waals surface area contributed by atoms with Crippen molar-refractivity contribution in [2.75, 3.05) is 13.2 Å². The number of aliphatic hydroxyl groups excluding tert-OH is 6. The van der Waals surface area contributed by atoms with Crippen LogP contribution in [-0.4, -0.2) is 97.4 Å². The molecule has 1 aliphatic rings. The van der Waals surface area contributed by atoms with Crippen molar-refractivity contribution in [2.45, 2.75) is 114 Å². The number of carbonyl (C=O) groups is 1. The third kappa shape index (κ3) is 11.4. The van der Waals surface area contributed by atoms with Crippen molar-refractivity contribution in [2.24, 2.45) is 0 Å². The van der Waals surface area contributed by atoms with Crippen LogP contribution in [0.2, 0.25) is 0 Å². The van der Waals surface area contributed by atoms with Crippen LogP contribution < -0.4 is 0 Å². The van der Waals surface area contributed by atoms with Crippen molar-refractivity contribution in [1.82, 2.24) is 0 Å². The van der Waals surface area contributed by atoms with Gasteiger partial charge in [-0.1, -0.05) is 58.3 Å². The molecule has 1 aliphatic carbocycles. The fraction of sp³-hybridized carbons (Fsp3) is 0.952. The molecule has 0 heterocycles. The number of ether oxygens (including phenoxy) is 1. The topological polar surface area (TPSA) is 203 Å². The number of hydrogen-bond acceptors (Lipinski definition) is 11. The predicted molar refractivity (Wildman–Crippen MR) is 119 cm³/mol. The van der Waals surface area contributed by atoms with E-state index in [9.17, 15) is 44.9 Å². The minimum absolute atomic E-state index is 0.193. The second-order valence-corrected chi connectivity index (χ2v) is 10.1. The molecule has 0 aliphatic heterocycles. The van der Waals surface area contributed by atoms with E-state index in [1.807, 2.05) is 0 Å². The van der Waals surface area contributed by atoms with Crippen molar-refractivity contribution in [3.05, 3.63) is 0 Å². The minimum atomic E-state index is -4.97. The van der Waals surface area contributed by atoms with E-state index in [0.717, 1.165) is 19.3 Å². The number of carbonyl (C=O) groups excluding carboxylic acids is 1. The van der Waals surface area contributed by atoms with Crippen LogP contribution in [-0.2, 0) is 23.1 Å². The molecule has 0 spiro atoms. The van der Waals surface area contributed by atoms with Crippen molar-refractivity contribution >= 4 is 13.8 Å². The van der Waals surface area contributed by atoms with Crippen LogP contribution in [0.25, 0.3) is 0 Å². The second-order valence-electron chi connectivity index (χ2n) is 8.70. The summed E-state index contributed by atoms with van der Waals surface area (Å²) in [6.07, 6.45) is -3.08. The van der Waals surface area contributed by atoms with Gasteiger partial charge < -0.3 is 40.3 Å². The number of unbranched alkanes of at least 4 members (excludes halogenated alkanes) is 8. The van der Waals surface area contributed by atoms with Gasteiger partial charge >= 0.3 is 13.8 Å². The van der Waals surface area contributed by atoms with E-state index in [0.29, 0.717) is 6.42 Å². The van der Waals surface area contributed by atoms with Gasteiger partial charge in [0.05, 0.1) is 6.61 Å². The molecule has 0 radical (unpaired) electrons.